The minimum Gasteiger partial charge on any atom is -0.369 e. The fourth-order valence-corrected chi connectivity index (χ4v) is 1.27. The Morgan fingerprint density at radius 3 is 2.83 bits per heavy atom. The lowest BCUT2D eigenvalue weighted by Crippen LogP contribution is -2.02. The predicted molar refractivity (Wildman–Crippen MR) is 51.2 cm³/mol. The summed E-state index contributed by atoms with van der Waals surface area (Å²) in [5.74, 6) is 1.35. The van der Waals surface area contributed by atoms with E-state index in [2.05, 4.69) is 4.98 Å². The highest BCUT2D eigenvalue weighted by Gasteiger charge is 1.95. The van der Waals surface area contributed by atoms with Gasteiger partial charge >= 0.3 is 0 Å². The Morgan fingerprint density at radius 2 is 2.25 bits per heavy atom. The third-order valence-electron chi connectivity index (χ3n) is 1.78. The Labute approximate surface area is 77.5 Å². The van der Waals surface area contributed by atoms with Gasteiger partial charge in [0.05, 0.1) is 0 Å². The summed E-state index contributed by atoms with van der Waals surface area (Å²) in [5, 5.41) is 0. The van der Waals surface area contributed by atoms with Gasteiger partial charge in [-0.3, -0.25) is 0 Å². The largest absolute Gasteiger partial charge is 0.369 e. The molecule has 0 aliphatic heterocycles. The topological polar surface area (TPSA) is 43.8 Å². The molecule has 0 spiro atoms. The van der Waals surface area contributed by atoms with Crippen LogP contribution in [0.25, 0.3) is 0 Å². The molecule has 2 N–H and O–H groups in total. The highest BCUT2D eigenvalue weighted by Crippen LogP contribution is 2.04. The first kappa shape index (κ1) is 9.39. The van der Waals surface area contributed by atoms with Crippen molar-refractivity contribution in [2.75, 3.05) is 11.6 Å². The van der Waals surface area contributed by atoms with E-state index < -0.39 is 0 Å². The number of nitrogens with two attached hydrogens (primary N) is 1. The Hall–Kier alpha value is -0.700. The minimum absolute atomic E-state index is 0.598. The third-order valence-corrected chi connectivity index (χ3v) is 2.05. The van der Waals surface area contributed by atoms with Crippen LogP contribution in [0.1, 0.15) is 19.3 Å². The van der Waals surface area contributed by atoms with Gasteiger partial charge in [-0.1, -0.05) is 6.42 Å². The van der Waals surface area contributed by atoms with Crippen LogP contribution in [0.4, 0.5) is 5.95 Å². The number of aryl methyl sites for hydroxylation is 1. The van der Waals surface area contributed by atoms with Crippen molar-refractivity contribution in [1.29, 1.82) is 0 Å². The average Bonchev–Trinajstić information content (AvgIpc) is 2.46. The number of unbranched alkanes of at least 4 members (excludes halogenated alkanes) is 2. The molecule has 0 atom stereocenters. The smallest absolute Gasteiger partial charge is 0.200 e. The fraction of sp³-hybridized carbons (Fsp3) is 0.625. The number of nitrogens with zero attached hydrogens (tertiary/aromatic N) is 2. The molecule has 0 aromatic carbocycles. The molecule has 0 bridgehead atoms. The lowest BCUT2D eigenvalue weighted by atomic mass is 10.2. The van der Waals surface area contributed by atoms with Gasteiger partial charge in [0.1, 0.15) is 0 Å². The normalized spacial score (nSPS) is 10.4. The minimum atomic E-state index is 0.598. The number of rotatable bonds is 5. The second-order valence-corrected chi connectivity index (χ2v) is 3.11. The summed E-state index contributed by atoms with van der Waals surface area (Å²) in [6.07, 6.45) is 6.97. The van der Waals surface area contributed by atoms with E-state index in [0.717, 1.165) is 31.7 Å². The number of aromatic nitrogens is 2. The van der Waals surface area contributed by atoms with Crippen molar-refractivity contribution in [2.24, 2.45) is 0 Å². The van der Waals surface area contributed by atoms with Gasteiger partial charge in [-0.05, 0) is 12.8 Å². The molecular weight excluding hydrogens is 174 g/mol. The number of anilines is 1. The molecule has 1 aromatic heterocycles. The maximum Gasteiger partial charge on any atom is 0.200 e. The van der Waals surface area contributed by atoms with E-state index in [0.29, 0.717) is 5.95 Å². The second kappa shape index (κ2) is 5.04. The first-order valence-corrected chi connectivity index (χ1v) is 4.70. The summed E-state index contributed by atoms with van der Waals surface area (Å²) in [6, 6.07) is 0. The molecular formula is C8H14ClN3. The molecule has 0 radical (unpaired) electrons. The lowest BCUT2D eigenvalue weighted by Gasteiger charge is -2.02. The van der Waals surface area contributed by atoms with E-state index in [9.17, 15) is 0 Å². The summed E-state index contributed by atoms with van der Waals surface area (Å²) in [7, 11) is 0. The quantitative estimate of drug-likeness (QED) is 0.565. The first-order chi connectivity index (χ1) is 5.84. The van der Waals surface area contributed by atoms with Crippen LogP contribution in [0.3, 0.4) is 0 Å². The zero-order chi connectivity index (χ0) is 8.81. The van der Waals surface area contributed by atoms with E-state index in [1.807, 2.05) is 10.8 Å². The molecule has 1 rings (SSSR count). The molecule has 0 amide bonds. The molecule has 0 aliphatic rings. The molecule has 12 heavy (non-hydrogen) atoms. The Bertz CT molecular complexity index is 222. The lowest BCUT2D eigenvalue weighted by molar-refractivity contribution is 0.609. The SMILES string of the molecule is Nc1nccn1CCCCCCl. The van der Waals surface area contributed by atoms with Crippen molar-refractivity contribution < 1.29 is 0 Å². The molecule has 0 fully saturated rings. The summed E-state index contributed by atoms with van der Waals surface area (Å²) < 4.78 is 1.95. The van der Waals surface area contributed by atoms with Crippen LogP contribution in [0.5, 0.6) is 0 Å². The average molecular weight is 188 g/mol. The van der Waals surface area contributed by atoms with Crippen molar-refractivity contribution in [1.82, 2.24) is 9.55 Å². The summed E-state index contributed by atoms with van der Waals surface area (Å²) in [6.45, 7) is 0.947. The number of hydrogen-bond donors (Lipinski definition) is 1. The number of hydrogen-bond acceptors (Lipinski definition) is 2. The van der Waals surface area contributed by atoms with E-state index >= 15 is 0 Å². The number of halogens is 1. The van der Waals surface area contributed by atoms with Crippen molar-refractivity contribution in [3.8, 4) is 0 Å². The first-order valence-electron chi connectivity index (χ1n) is 4.17. The van der Waals surface area contributed by atoms with Crippen LogP contribution in [-0.4, -0.2) is 15.4 Å². The summed E-state index contributed by atoms with van der Waals surface area (Å²) >= 11 is 5.55. The number of imidazole rings is 1. The van der Waals surface area contributed by atoms with E-state index in [4.69, 9.17) is 17.3 Å². The molecule has 0 aliphatic carbocycles. The standard InChI is InChI=1S/C8H14ClN3/c9-4-2-1-3-6-12-7-5-11-8(12)10/h5,7H,1-4,6H2,(H2,10,11). The molecule has 1 aromatic rings. The Kier molecular flexibility index (Phi) is 3.94. The second-order valence-electron chi connectivity index (χ2n) is 2.73. The van der Waals surface area contributed by atoms with Gasteiger partial charge < -0.3 is 10.3 Å². The van der Waals surface area contributed by atoms with Gasteiger partial charge in [-0.2, -0.15) is 0 Å². The van der Waals surface area contributed by atoms with Gasteiger partial charge in [0.25, 0.3) is 0 Å². The van der Waals surface area contributed by atoms with Gasteiger partial charge in [-0.25, -0.2) is 4.98 Å². The summed E-state index contributed by atoms with van der Waals surface area (Å²) in [4.78, 5) is 3.93. The van der Waals surface area contributed by atoms with E-state index in [-0.39, 0.29) is 0 Å². The molecule has 0 saturated carbocycles. The van der Waals surface area contributed by atoms with Crippen LogP contribution in [0, 0.1) is 0 Å². The van der Waals surface area contributed by atoms with Gasteiger partial charge in [0, 0.05) is 24.8 Å². The van der Waals surface area contributed by atoms with Crippen molar-refractivity contribution in [2.45, 2.75) is 25.8 Å². The molecule has 1 heterocycles. The maximum atomic E-state index is 5.58. The molecule has 3 nitrogen and oxygen atoms in total. The van der Waals surface area contributed by atoms with Crippen LogP contribution >= 0.6 is 11.6 Å². The highest BCUT2D eigenvalue weighted by molar-refractivity contribution is 6.17. The predicted octanol–water partition coefficient (Wildman–Crippen LogP) is 1.87. The van der Waals surface area contributed by atoms with Crippen LogP contribution in [0.15, 0.2) is 12.4 Å². The van der Waals surface area contributed by atoms with Crippen LogP contribution in [0.2, 0.25) is 0 Å². The van der Waals surface area contributed by atoms with Gasteiger partial charge in [0.15, 0.2) is 5.95 Å². The summed E-state index contributed by atoms with van der Waals surface area (Å²) in [5.41, 5.74) is 5.58. The van der Waals surface area contributed by atoms with Crippen molar-refractivity contribution in [3.63, 3.8) is 0 Å². The van der Waals surface area contributed by atoms with Crippen LogP contribution in [-0.2, 0) is 6.54 Å². The molecule has 68 valence electrons. The Morgan fingerprint density at radius 1 is 1.42 bits per heavy atom. The fourth-order valence-electron chi connectivity index (χ4n) is 1.08. The number of nitrogen functional groups attached to an aromatic ring is 1. The molecule has 4 heteroatoms. The Balaban J connectivity index is 2.20. The number of alkyl halides is 1. The van der Waals surface area contributed by atoms with Gasteiger partial charge in [0.2, 0.25) is 0 Å². The zero-order valence-electron chi connectivity index (χ0n) is 7.04. The maximum absolute atomic E-state index is 5.58. The van der Waals surface area contributed by atoms with Crippen molar-refractivity contribution >= 4 is 17.5 Å². The highest BCUT2D eigenvalue weighted by atomic mass is 35.5. The van der Waals surface area contributed by atoms with E-state index in [1.54, 1.807) is 6.20 Å². The molecule has 0 unspecified atom stereocenters. The zero-order valence-corrected chi connectivity index (χ0v) is 7.80. The molecule has 0 saturated heterocycles. The third kappa shape index (κ3) is 2.74. The van der Waals surface area contributed by atoms with E-state index in [1.165, 1.54) is 0 Å². The van der Waals surface area contributed by atoms with Crippen LogP contribution < -0.4 is 5.73 Å². The van der Waals surface area contributed by atoms with Crippen molar-refractivity contribution in [3.05, 3.63) is 12.4 Å². The van der Waals surface area contributed by atoms with Gasteiger partial charge in [-0.15, -0.1) is 11.6 Å². The monoisotopic (exact) mass is 187 g/mol.